The van der Waals surface area contributed by atoms with E-state index < -0.39 is 5.79 Å². The summed E-state index contributed by atoms with van der Waals surface area (Å²) in [5.41, 5.74) is 1.95. The summed E-state index contributed by atoms with van der Waals surface area (Å²) in [7, 11) is 1.66. The van der Waals surface area contributed by atoms with Crippen molar-refractivity contribution in [1.29, 1.82) is 0 Å². The lowest BCUT2D eigenvalue weighted by atomic mass is 9.82. The van der Waals surface area contributed by atoms with Crippen molar-refractivity contribution in [2.24, 2.45) is 5.41 Å². The SMILES string of the molecule is COc1ccc(COCC/C(=C\CO)[C@H]2OC(C)(C)O[C@@H]2C(C)(C)CSc2ccccc2)cc1. The zero-order valence-corrected chi connectivity index (χ0v) is 21.8. The van der Waals surface area contributed by atoms with Crippen LogP contribution in [0.15, 0.2) is 71.1 Å². The number of thioether (sulfide) groups is 1. The molecule has 1 heterocycles. The highest BCUT2D eigenvalue weighted by molar-refractivity contribution is 7.99. The summed E-state index contributed by atoms with van der Waals surface area (Å²) in [6, 6.07) is 18.3. The minimum atomic E-state index is -0.692. The second-order valence-electron chi connectivity index (χ2n) is 9.68. The maximum Gasteiger partial charge on any atom is 0.164 e. The van der Waals surface area contributed by atoms with Crippen molar-refractivity contribution >= 4 is 11.8 Å². The predicted octanol–water partition coefficient (Wildman–Crippen LogP) is 5.86. The molecule has 0 saturated carbocycles. The molecule has 0 aliphatic carbocycles. The van der Waals surface area contributed by atoms with E-state index in [4.69, 9.17) is 18.9 Å². The van der Waals surface area contributed by atoms with Gasteiger partial charge >= 0.3 is 0 Å². The van der Waals surface area contributed by atoms with Crippen molar-refractivity contribution in [3.63, 3.8) is 0 Å². The second kappa shape index (κ2) is 12.2. The van der Waals surface area contributed by atoms with Gasteiger partial charge in [-0.1, -0.05) is 50.3 Å². The molecule has 1 N–H and O–H groups in total. The van der Waals surface area contributed by atoms with Crippen LogP contribution in [0.5, 0.6) is 5.75 Å². The molecule has 1 saturated heterocycles. The largest absolute Gasteiger partial charge is 0.497 e. The van der Waals surface area contributed by atoms with Gasteiger partial charge in [-0.3, -0.25) is 0 Å². The number of rotatable bonds is 12. The molecule has 5 nitrogen and oxygen atoms in total. The lowest BCUT2D eigenvalue weighted by molar-refractivity contribution is -0.152. The van der Waals surface area contributed by atoms with E-state index in [9.17, 15) is 5.11 Å². The van der Waals surface area contributed by atoms with Gasteiger partial charge in [-0.15, -0.1) is 11.8 Å². The van der Waals surface area contributed by atoms with Crippen LogP contribution in [0.4, 0.5) is 0 Å². The monoisotopic (exact) mass is 486 g/mol. The third-order valence-electron chi connectivity index (χ3n) is 5.90. The second-order valence-corrected chi connectivity index (χ2v) is 10.7. The van der Waals surface area contributed by atoms with E-state index in [1.54, 1.807) is 7.11 Å². The maximum absolute atomic E-state index is 9.72. The fourth-order valence-electron chi connectivity index (χ4n) is 4.05. The molecule has 2 aromatic rings. The molecule has 2 atom stereocenters. The van der Waals surface area contributed by atoms with Gasteiger partial charge in [-0.2, -0.15) is 0 Å². The first kappa shape index (κ1) is 26.8. The van der Waals surface area contributed by atoms with Crippen molar-refractivity contribution in [2.45, 2.75) is 63.6 Å². The molecule has 1 aliphatic heterocycles. The smallest absolute Gasteiger partial charge is 0.164 e. The first-order valence-corrected chi connectivity index (χ1v) is 12.8. The molecule has 6 heteroatoms. The Balaban J connectivity index is 1.63. The van der Waals surface area contributed by atoms with Crippen molar-refractivity contribution in [3.05, 3.63) is 71.8 Å². The zero-order valence-electron chi connectivity index (χ0n) is 21.0. The first-order valence-electron chi connectivity index (χ1n) is 11.8. The molecule has 2 aromatic carbocycles. The molecule has 186 valence electrons. The van der Waals surface area contributed by atoms with Crippen molar-refractivity contribution in [1.82, 2.24) is 0 Å². The quantitative estimate of drug-likeness (QED) is 0.230. The van der Waals surface area contributed by atoms with Crippen molar-refractivity contribution < 1.29 is 24.1 Å². The normalized spacial score (nSPS) is 20.5. The van der Waals surface area contributed by atoms with Gasteiger partial charge in [-0.25, -0.2) is 0 Å². The van der Waals surface area contributed by atoms with Crippen LogP contribution in [-0.2, 0) is 20.8 Å². The Morgan fingerprint density at radius 2 is 1.79 bits per heavy atom. The summed E-state index contributed by atoms with van der Waals surface area (Å²) >= 11 is 1.83. The van der Waals surface area contributed by atoms with Gasteiger partial charge in [0.25, 0.3) is 0 Å². The molecular weight excluding hydrogens is 448 g/mol. The highest BCUT2D eigenvalue weighted by atomic mass is 32.2. The van der Waals surface area contributed by atoms with Crippen LogP contribution in [0, 0.1) is 5.41 Å². The predicted molar refractivity (Wildman–Crippen MR) is 137 cm³/mol. The molecule has 0 spiro atoms. The number of methoxy groups -OCH3 is 1. The van der Waals surface area contributed by atoms with Gasteiger partial charge in [0.1, 0.15) is 11.9 Å². The molecule has 0 bridgehead atoms. The summed E-state index contributed by atoms with van der Waals surface area (Å²) < 4.78 is 24.0. The Morgan fingerprint density at radius 3 is 2.44 bits per heavy atom. The maximum atomic E-state index is 9.72. The summed E-state index contributed by atoms with van der Waals surface area (Å²) in [4.78, 5) is 1.24. The first-order chi connectivity index (χ1) is 16.2. The van der Waals surface area contributed by atoms with Crippen LogP contribution in [0.3, 0.4) is 0 Å². The summed E-state index contributed by atoms with van der Waals surface area (Å²) in [5.74, 6) is 1.03. The topological polar surface area (TPSA) is 57.2 Å². The molecular formula is C28H38O5S. The van der Waals surface area contributed by atoms with E-state index in [0.717, 1.165) is 22.6 Å². The Morgan fingerprint density at radius 1 is 1.09 bits per heavy atom. The van der Waals surface area contributed by atoms with E-state index >= 15 is 0 Å². The summed E-state index contributed by atoms with van der Waals surface area (Å²) in [5, 5.41) is 9.72. The Kier molecular flexibility index (Phi) is 9.63. The average Bonchev–Trinajstić information content (AvgIpc) is 3.17. The van der Waals surface area contributed by atoms with E-state index in [0.29, 0.717) is 19.6 Å². The summed E-state index contributed by atoms with van der Waals surface area (Å²) in [6.07, 6.45) is 2.13. The molecule has 0 radical (unpaired) electrons. The van der Waals surface area contributed by atoms with Crippen LogP contribution in [0.1, 0.15) is 39.7 Å². The van der Waals surface area contributed by atoms with Gasteiger partial charge in [0.15, 0.2) is 5.79 Å². The minimum absolute atomic E-state index is 0.0417. The number of aliphatic hydroxyl groups excluding tert-OH is 1. The molecule has 1 aliphatic rings. The fourth-order valence-corrected chi connectivity index (χ4v) is 5.10. The number of aliphatic hydroxyl groups is 1. The standard InChI is InChI=1S/C28H38O5S/c1-27(2,20-34-24-9-7-6-8-10-24)26-25(32-28(3,4)33-26)22(15-17-29)16-18-31-19-21-11-13-23(30-5)14-12-21/h6-15,25-26,29H,16-20H2,1-5H3/b22-15+/t25-,26+/m1/s1. The third-order valence-corrected chi connectivity index (χ3v) is 7.40. The van der Waals surface area contributed by atoms with Gasteiger partial charge in [-0.05, 0) is 55.7 Å². The van der Waals surface area contributed by atoms with Crippen LogP contribution in [-0.4, -0.2) is 49.2 Å². The number of ether oxygens (including phenoxy) is 4. The lowest BCUT2D eigenvalue weighted by Crippen LogP contribution is -2.40. The van der Waals surface area contributed by atoms with Crippen molar-refractivity contribution in [3.8, 4) is 5.75 Å². The molecule has 3 rings (SSSR count). The van der Waals surface area contributed by atoms with Gasteiger partial charge in [0.05, 0.1) is 33.0 Å². The lowest BCUT2D eigenvalue weighted by Gasteiger charge is -2.34. The van der Waals surface area contributed by atoms with E-state index in [2.05, 4.69) is 38.1 Å². The van der Waals surface area contributed by atoms with Crippen LogP contribution >= 0.6 is 11.8 Å². The van der Waals surface area contributed by atoms with E-state index in [1.165, 1.54) is 4.90 Å². The van der Waals surface area contributed by atoms with Crippen molar-refractivity contribution in [2.75, 3.05) is 26.1 Å². The van der Waals surface area contributed by atoms with Gasteiger partial charge < -0.3 is 24.1 Å². The molecule has 0 unspecified atom stereocenters. The van der Waals surface area contributed by atoms with Crippen LogP contribution in [0.2, 0.25) is 0 Å². The number of hydrogen-bond acceptors (Lipinski definition) is 6. The molecule has 1 fully saturated rings. The summed E-state index contributed by atoms with van der Waals surface area (Å²) in [6.45, 7) is 9.37. The molecule has 34 heavy (non-hydrogen) atoms. The minimum Gasteiger partial charge on any atom is -0.497 e. The number of benzene rings is 2. The number of hydrogen-bond donors (Lipinski definition) is 1. The third kappa shape index (κ3) is 7.59. The highest BCUT2D eigenvalue weighted by Crippen LogP contribution is 2.43. The van der Waals surface area contributed by atoms with Gasteiger partial charge in [0.2, 0.25) is 0 Å². The fraction of sp³-hybridized carbons (Fsp3) is 0.500. The Hall–Kier alpha value is -1.83. The van der Waals surface area contributed by atoms with Gasteiger partial charge in [0, 0.05) is 16.1 Å². The average molecular weight is 487 g/mol. The molecule has 0 amide bonds. The Bertz CT molecular complexity index is 908. The van der Waals surface area contributed by atoms with Crippen LogP contribution < -0.4 is 4.74 Å². The van der Waals surface area contributed by atoms with E-state index in [-0.39, 0.29) is 24.2 Å². The highest BCUT2D eigenvalue weighted by Gasteiger charge is 2.49. The van der Waals surface area contributed by atoms with Crippen LogP contribution in [0.25, 0.3) is 0 Å². The zero-order chi connectivity index (χ0) is 24.6. The van der Waals surface area contributed by atoms with E-state index in [1.807, 2.05) is 62.0 Å². The molecule has 0 aromatic heterocycles. The Labute approximate surface area is 208 Å².